The molecule has 0 radical (unpaired) electrons. The van der Waals surface area contributed by atoms with Crippen molar-refractivity contribution in [1.82, 2.24) is 9.80 Å². The number of rotatable bonds is 3. The van der Waals surface area contributed by atoms with E-state index in [0.29, 0.717) is 19.6 Å². The van der Waals surface area contributed by atoms with E-state index in [4.69, 9.17) is 0 Å². The molecule has 5 nitrogen and oxygen atoms in total. The Labute approximate surface area is 160 Å². The number of nitrogens with zero attached hydrogens (tertiary/aromatic N) is 3. The second kappa shape index (κ2) is 7.19. The highest BCUT2D eigenvalue weighted by Gasteiger charge is 2.51. The van der Waals surface area contributed by atoms with Crippen molar-refractivity contribution in [3.63, 3.8) is 0 Å². The minimum absolute atomic E-state index is 0.0131. The second-order valence-corrected chi connectivity index (χ2v) is 7.98. The molecule has 0 aromatic heterocycles. The number of fused-ring (bicyclic) bond motifs is 1. The van der Waals surface area contributed by atoms with E-state index in [2.05, 4.69) is 18.2 Å². The van der Waals surface area contributed by atoms with Gasteiger partial charge in [0.2, 0.25) is 11.8 Å². The van der Waals surface area contributed by atoms with Crippen LogP contribution in [0.25, 0.3) is 0 Å². The fraction of sp³-hybridized carbons (Fsp3) is 0.500. The Hall–Kier alpha value is -2.61. The Bertz CT molecular complexity index is 798. The number of likely N-dealkylation sites (tertiary alicyclic amines) is 2. The molecule has 1 aliphatic carbocycles. The number of amides is 2. The van der Waals surface area contributed by atoms with Gasteiger partial charge in [-0.1, -0.05) is 49.4 Å². The zero-order chi connectivity index (χ0) is 19.0. The highest BCUT2D eigenvalue weighted by atomic mass is 16.2. The summed E-state index contributed by atoms with van der Waals surface area (Å²) in [7, 11) is 0. The predicted molar refractivity (Wildman–Crippen MR) is 101 cm³/mol. The first-order chi connectivity index (χ1) is 13.1. The molecule has 2 heterocycles. The lowest BCUT2D eigenvalue weighted by atomic mass is 9.71. The van der Waals surface area contributed by atoms with Crippen molar-refractivity contribution >= 4 is 11.8 Å². The van der Waals surface area contributed by atoms with E-state index in [0.717, 1.165) is 18.4 Å². The molecule has 0 N–H and O–H groups in total. The molecule has 27 heavy (non-hydrogen) atoms. The smallest absolute Gasteiger partial charge is 0.228 e. The number of hydrogen-bond acceptors (Lipinski definition) is 3. The van der Waals surface area contributed by atoms with E-state index in [1.807, 2.05) is 42.2 Å². The molecule has 140 valence electrons. The maximum Gasteiger partial charge on any atom is 0.228 e. The lowest BCUT2D eigenvalue weighted by Gasteiger charge is -2.35. The van der Waals surface area contributed by atoms with Crippen LogP contribution in [0.1, 0.15) is 25.3 Å². The van der Waals surface area contributed by atoms with Gasteiger partial charge in [-0.2, -0.15) is 5.26 Å². The van der Waals surface area contributed by atoms with Gasteiger partial charge in [0.15, 0.2) is 0 Å². The molecule has 2 saturated heterocycles. The first-order valence-corrected chi connectivity index (χ1v) is 9.81. The van der Waals surface area contributed by atoms with Crippen LogP contribution in [0.4, 0.5) is 0 Å². The predicted octanol–water partition coefficient (Wildman–Crippen LogP) is 2.60. The number of benzene rings is 1. The monoisotopic (exact) mass is 363 g/mol. The van der Waals surface area contributed by atoms with Gasteiger partial charge in [-0.05, 0) is 24.3 Å². The number of hydrogen-bond donors (Lipinski definition) is 0. The lowest BCUT2D eigenvalue weighted by molar-refractivity contribution is -0.145. The third kappa shape index (κ3) is 3.14. The summed E-state index contributed by atoms with van der Waals surface area (Å²) >= 11 is 0. The molecular weight excluding hydrogens is 338 g/mol. The topological polar surface area (TPSA) is 64.4 Å². The van der Waals surface area contributed by atoms with Crippen LogP contribution in [0.2, 0.25) is 0 Å². The summed E-state index contributed by atoms with van der Waals surface area (Å²) in [6.45, 7) is 3.89. The minimum atomic E-state index is -0.359. The maximum absolute atomic E-state index is 13.3. The molecule has 5 atom stereocenters. The van der Waals surface area contributed by atoms with Crippen LogP contribution in [0.5, 0.6) is 0 Å². The zero-order valence-corrected chi connectivity index (χ0v) is 15.6. The van der Waals surface area contributed by atoms with E-state index in [1.165, 1.54) is 0 Å². The van der Waals surface area contributed by atoms with Crippen molar-refractivity contribution in [3.8, 4) is 6.07 Å². The summed E-state index contributed by atoms with van der Waals surface area (Å²) in [4.78, 5) is 30.1. The first kappa shape index (κ1) is 17.8. The summed E-state index contributed by atoms with van der Waals surface area (Å²) in [5.74, 6) is -0.510. The lowest BCUT2D eigenvalue weighted by Crippen LogP contribution is -2.47. The van der Waals surface area contributed by atoms with Crippen molar-refractivity contribution in [2.24, 2.45) is 23.7 Å². The van der Waals surface area contributed by atoms with Gasteiger partial charge in [-0.3, -0.25) is 9.59 Å². The molecule has 0 unspecified atom stereocenters. The van der Waals surface area contributed by atoms with Crippen molar-refractivity contribution in [2.75, 3.05) is 13.1 Å². The molecule has 1 aromatic carbocycles. The van der Waals surface area contributed by atoms with Crippen LogP contribution in [0, 0.1) is 35.0 Å². The first-order valence-electron chi connectivity index (χ1n) is 9.81. The Kier molecular flexibility index (Phi) is 4.73. The molecule has 2 aliphatic heterocycles. The van der Waals surface area contributed by atoms with Crippen LogP contribution in [-0.4, -0.2) is 40.7 Å². The SMILES string of the molecule is C[C@@H]1C=C[C@@H]2CN(Cc3ccccc3)C(=O)[C@H]2[C@H]1C(=O)N1CCC[C@H]1C#N. The van der Waals surface area contributed by atoms with Crippen molar-refractivity contribution in [1.29, 1.82) is 5.26 Å². The van der Waals surface area contributed by atoms with Crippen molar-refractivity contribution in [2.45, 2.75) is 32.4 Å². The summed E-state index contributed by atoms with van der Waals surface area (Å²) in [5.41, 5.74) is 1.11. The van der Waals surface area contributed by atoms with Crippen LogP contribution in [0.15, 0.2) is 42.5 Å². The molecule has 1 aromatic rings. The quantitative estimate of drug-likeness (QED) is 0.776. The second-order valence-electron chi connectivity index (χ2n) is 7.98. The maximum atomic E-state index is 13.3. The van der Waals surface area contributed by atoms with Gasteiger partial charge < -0.3 is 9.80 Å². The molecule has 2 amide bonds. The highest BCUT2D eigenvalue weighted by molar-refractivity contribution is 5.90. The molecular formula is C22H25N3O2. The highest BCUT2D eigenvalue weighted by Crippen LogP contribution is 2.42. The summed E-state index contributed by atoms with van der Waals surface area (Å²) in [5, 5.41) is 9.36. The molecule has 3 aliphatic rings. The van der Waals surface area contributed by atoms with Gasteiger partial charge in [-0.25, -0.2) is 0 Å². The minimum Gasteiger partial charge on any atom is -0.337 e. The summed E-state index contributed by atoms with van der Waals surface area (Å²) < 4.78 is 0. The molecule has 0 bridgehead atoms. The average molecular weight is 363 g/mol. The average Bonchev–Trinajstić information content (AvgIpc) is 3.28. The molecule has 2 fully saturated rings. The Balaban J connectivity index is 1.57. The number of carbonyl (C=O) groups is 2. The van der Waals surface area contributed by atoms with Crippen molar-refractivity contribution < 1.29 is 9.59 Å². The standard InChI is InChI=1S/C22H25N3O2/c1-15-9-10-17-14-24(13-16-6-3-2-4-7-16)21(26)20(17)19(15)22(27)25-11-5-8-18(25)12-23/h2-4,6-7,9-10,15,17-20H,5,8,11,13-14H2,1H3/t15-,17-,18+,19+,20-/m1/s1. The molecule has 0 spiro atoms. The number of carbonyl (C=O) groups excluding carboxylic acids is 2. The van der Waals surface area contributed by atoms with Crippen molar-refractivity contribution in [3.05, 3.63) is 48.0 Å². The van der Waals surface area contributed by atoms with E-state index in [1.54, 1.807) is 4.90 Å². The van der Waals surface area contributed by atoms with E-state index in [-0.39, 0.29) is 41.5 Å². The van der Waals surface area contributed by atoms with E-state index in [9.17, 15) is 14.9 Å². The fourth-order valence-electron chi connectivity index (χ4n) is 4.90. The molecule has 5 heteroatoms. The largest absolute Gasteiger partial charge is 0.337 e. The number of nitriles is 1. The Morgan fingerprint density at radius 3 is 2.78 bits per heavy atom. The fourth-order valence-corrected chi connectivity index (χ4v) is 4.90. The third-order valence-corrected chi connectivity index (χ3v) is 6.29. The zero-order valence-electron chi connectivity index (χ0n) is 15.6. The third-order valence-electron chi connectivity index (χ3n) is 6.29. The molecule has 4 rings (SSSR count). The molecule has 0 saturated carbocycles. The van der Waals surface area contributed by atoms with Gasteiger partial charge in [0, 0.05) is 25.6 Å². The van der Waals surface area contributed by atoms with Gasteiger partial charge in [0.1, 0.15) is 6.04 Å². The van der Waals surface area contributed by atoms with Gasteiger partial charge in [0.05, 0.1) is 17.9 Å². The Morgan fingerprint density at radius 1 is 1.26 bits per heavy atom. The Morgan fingerprint density at radius 2 is 2.04 bits per heavy atom. The van der Waals surface area contributed by atoms with Gasteiger partial charge in [0.25, 0.3) is 0 Å². The van der Waals surface area contributed by atoms with E-state index >= 15 is 0 Å². The van der Waals surface area contributed by atoms with Gasteiger partial charge in [-0.15, -0.1) is 0 Å². The number of allylic oxidation sites excluding steroid dienone is 1. The summed E-state index contributed by atoms with van der Waals surface area (Å²) in [6.07, 6.45) is 5.80. The van der Waals surface area contributed by atoms with Crippen LogP contribution in [-0.2, 0) is 16.1 Å². The summed E-state index contributed by atoms with van der Waals surface area (Å²) in [6, 6.07) is 11.9. The normalized spacial score (nSPS) is 32.4. The van der Waals surface area contributed by atoms with Crippen LogP contribution in [0.3, 0.4) is 0 Å². The van der Waals surface area contributed by atoms with E-state index < -0.39 is 0 Å². The van der Waals surface area contributed by atoms with Crippen LogP contribution >= 0.6 is 0 Å². The van der Waals surface area contributed by atoms with Gasteiger partial charge >= 0.3 is 0 Å². The van der Waals surface area contributed by atoms with Crippen LogP contribution < -0.4 is 0 Å².